The smallest absolute Gasteiger partial charge is 0.226 e. The van der Waals surface area contributed by atoms with Gasteiger partial charge in [0.1, 0.15) is 0 Å². The van der Waals surface area contributed by atoms with Gasteiger partial charge in [-0.25, -0.2) is 0 Å². The molecule has 0 radical (unpaired) electrons. The van der Waals surface area contributed by atoms with E-state index in [1.807, 2.05) is 36.1 Å². The van der Waals surface area contributed by atoms with E-state index in [2.05, 4.69) is 24.0 Å². The van der Waals surface area contributed by atoms with Gasteiger partial charge < -0.3 is 4.90 Å². The van der Waals surface area contributed by atoms with Crippen molar-refractivity contribution in [2.45, 2.75) is 26.7 Å². The Morgan fingerprint density at radius 2 is 1.90 bits per heavy atom. The van der Waals surface area contributed by atoms with E-state index in [0.29, 0.717) is 6.42 Å². The number of hydrogen-bond acceptors (Lipinski definition) is 2. The average molecular weight is 282 g/mol. The van der Waals surface area contributed by atoms with Gasteiger partial charge in [-0.05, 0) is 43.5 Å². The summed E-state index contributed by atoms with van der Waals surface area (Å²) >= 11 is 0. The lowest BCUT2D eigenvalue weighted by Gasteiger charge is -2.21. The van der Waals surface area contributed by atoms with Gasteiger partial charge in [-0.3, -0.25) is 9.78 Å². The van der Waals surface area contributed by atoms with Crippen LogP contribution < -0.4 is 0 Å². The van der Waals surface area contributed by atoms with Gasteiger partial charge in [0.25, 0.3) is 0 Å². The molecule has 110 valence electrons. The molecule has 21 heavy (non-hydrogen) atoms. The summed E-state index contributed by atoms with van der Waals surface area (Å²) in [5.74, 6) is 0.192. The first-order chi connectivity index (χ1) is 10.2. The number of pyridine rings is 1. The summed E-state index contributed by atoms with van der Waals surface area (Å²) in [5.41, 5.74) is 3.49. The van der Waals surface area contributed by atoms with Gasteiger partial charge in [0.05, 0.1) is 6.42 Å². The van der Waals surface area contributed by atoms with Gasteiger partial charge in [0.2, 0.25) is 5.91 Å². The third-order valence-corrected chi connectivity index (χ3v) is 3.59. The van der Waals surface area contributed by atoms with Crippen molar-refractivity contribution in [1.29, 1.82) is 0 Å². The molecule has 0 bridgehead atoms. The van der Waals surface area contributed by atoms with Crippen LogP contribution >= 0.6 is 0 Å². The number of benzene rings is 1. The second-order valence-corrected chi connectivity index (χ2v) is 5.24. The van der Waals surface area contributed by atoms with Crippen molar-refractivity contribution < 1.29 is 4.79 Å². The van der Waals surface area contributed by atoms with Crippen LogP contribution in [0, 0.1) is 6.92 Å². The van der Waals surface area contributed by atoms with Crippen LogP contribution in [0.4, 0.5) is 0 Å². The highest BCUT2D eigenvalue weighted by atomic mass is 16.2. The second kappa shape index (κ2) is 7.58. The molecule has 0 aliphatic rings. The molecule has 1 heterocycles. The molecule has 0 saturated carbocycles. The van der Waals surface area contributed by atoms with Crippen molar-refractivity contribution in [2.75, 3.05) is 13.1 Å². The molecule has 0 aliphatic carbocycles. The largest absolute Gasteiger partial charge is 0.342 e. The fraction of sp³-hybridized carbons (Fsp3) is 0.333. The normalized spacial score (nSPS) is 10.4. The van der Waals surface area contributed by atoms with E-state index in [1.54, 1.807) is 12.4 Å². The Balaban J connectivity index is 1.92. The standard InChI is InChI=1S/C18H22N2O/c1-3-20(12-9-16-7-10-19-11-8-16)18(21)14-17-6-4-5-15(2)13-17/h4-8,10-11,13H,3,9,12,14H2,1-2H3. The van der Waals surface area contributed by atoms with Crippen molar-refractivity contribution in [3.8, 4) is 0 Å². The monoisotopic (exact) mass is 282 g/mol. The highest BCUT2D eigenvalue weighted by molar-refractivity contribution is 5.78. The van der Waals surface area contributed by atoms with Crippen LogP contribution in [0.25, 0.3) is 0 Å². The SMILES string of the molecule is CCN(CCc1ccncc1)C(=O)Cc1cccc(C)c1. The zero-order valence-corrected chi connectivity index (χ0v) is 12.7. The van der Waals surface area contributed by atoms with Crippen LogP contribution in [0.3, 0.4) is 0 Å². The van der Waals surface area contributed by atoms with Crippen molar-refractivity contribution in [2.24, 2.45) is 0 Å². The van der Waals surface area contributed by atoms with Crippen LogP contribution in [-0.2, 0) is 17.6 Å². The molecule has 0 N–H and O–H groups in total. The van der Waals surface area contributed by atoms with Gasteiger partial charge in [0.15, 0.2) is 0 Å². The Morgan fingerprint density at radius 1 is 1.14 bits per heavy atom. The van der Waals surface area contributed by atoms with Gasteiger partial charge in [-0.1, -0.05) is 29.8 Å². The molecule has 0 unspecified atom stereocenters. The maximum atomic E-state index is 12.4. The molecule has 0 spiro atoms. The Hall–Kier alpha value is -2.16. The molecule has 0 fully saturated rings. The Kier molecular flexibility index (Phi) is 5.50. The Labute approximate surface area is 126 Å². The zero-order chi connectivity index (χ0) is 15.1. The molecule has 0 aliphatic heterocycles. The molecule has 2 aromatic rings. The summed E-state index contributed by atoms with van der Waals surface area (Å²) < 4.78 is 0. The predicted molar refractivity (Wildman–Crippen MR) is 85.1 cm³/mol. The predicted octanol–water partition coefficient (Wildman–Crippen LogP) is 3.02. The van der Waals surface area contributed by atoms with Gasteiger partial charge in [-0.15, -0.1) is 0 Å². The lowest BCUT2D eigenvalue weighted by molar-refractivity contribution is -0.130. The number of carbonyl (C=O) groups excluding carboxylic acids is 1. The van der Waals surface area contributed by atoms with Crippen LogP contribution in [0.15, 0.2) is 48.8 Å². The minimum Gasteiger partial charge on any atom is -0.342 e. The van der Waals surface area contributed by atoms with Gasteiger partial charge in [0, 0.05) is 25.5 Å². The summed E-state index contributed by atoms with van der Waals surface area (Å²) in [6.07, 6.45) is 4.93. The minimum atomic E-state index is 0.192. The van der Waals surface area contributed by atoms with E-state index < -0.39 is 0 Å². The number of nitrogens with zero attached hydrogens (tertiary/aromatic N) is 2. The van der Waals surface area contributed by atoms with Crippen LogP contribution in [0.1, 0.15) is 23.6 Å². The summed E-state index contributed by atoms with van der Waals surface area (Å²) in [7, 11) is 0. The van der Waals surface area contributed by atoms with E-state index in [-0.39, 0.29) is 5.91 Å². The highest BCUT2D eigenvalue weighted by Gasteiger charge is 2.12. The van der Waals surface area contributed by atoms with Crippen LogP contribution in [0.2, 0.25) is 0 Å². The lowest BCUT2D eigenvalue weighted by Crippen LogP contribution is -2.33. The number of amides is 1. The minimum absolute atomic E-state index is 0.192. The number of aryl methyl sites for hydroxylation is 1. The molecule has 1 amide bonds. The number of hydrogen-bond donors (Lipinski definition) is 0. The first kappa shape index (κ1) is 15.2. The molecular formula is C18H22N2O. The third kappa shape index (κ3) is 4.71. The van der Waals surface area contributed by atoms with E-state index >= 15 is 0 Å². The first-order valence-corrected chi connectivity index (χ1v) is 7.41. The molecule has 3 heteroatoms. The lowest BCUT2D eigenvalue weighted by atomic mass is 10.1. The van der Waals surface area contributed by atoms with Crippen LogP contribution in [0.5, 0.6) is 0 Å². The summed E-state index contributed by atoms with van der Waals surface area (Å²) in [6.45, 7) is 5.58. The Bertz CT molecular complexity index is 581. The van der Waals surface area contributed by atoms with E-state index in [1.165, 1.54) is 11.1 Å². The first-order valence-electron chi connectivity index (χ1n) is 7.41. The fourth-order valence-electron chi connectivity index (χ4n) is 2.38. The van der Waals surface area contributed by atoms with E-state index in [4.69, 9.17) is 0 Å². The number of likely N-dealkylation sites (N-methyl/N-ethyl adjacent to an activating group) is 1. The van der Waals surface area contributed by atoms with E-state index in [9.17, 15) is 4.79 Å². The summed E-state index contributed by atoms with van der Waals surface area (Å²) in [4.78, 5) is 18.3. The highest BCUT2D eigenvalue weighted by Crippen LogP contribution is 2.08. The number of aromatic nitrogens is 1. The molecule has 3 nitrogen and oxygen atoms in total. The molecular weight excluding hydrogens is 260 g/mol. The topological polar surface area (TPSA) is 33.2 Å². The van der Waals surface area contributed by atoms with Gasteiger partial charge >= 0.3 is 0 Å². The molecule has 0 saturated heterocycles. The van der Waals surface area contributed by atoms with Crippen molar-refractivity contribution in [1.82, 2.24) is 9.88 Å². The molecule has 0 atom stereocenters. The van der Waals surface area contributed by atoms with Crippen molar-refractivity contribution >= 4 is 5.91 Å². The second-order valence-electron chi connectivity index (χ2n) is 5.24. The number of carbonyl (C=O) groups is 1. The average Bonchev–Trinajstić information content (AvgIpc) is 2.49. The summed E-state index contributed by atoms with van der Waals surface area (Å²) in [6, 6.07) is 12.1. The third-order valence-electron chi connectivity index (χ3n) is 3.59. The molecule has 1 aromatic carbocycles. The fourth-order valence-corrected chi connectivity index (χ4v) is 2.38. The number of rotatable bonds is 6. The van der Waals surface area contributed by atoms with E-state index in [0.717, 1.165) is 25.1 Å². The zero-order valence-electron chi connectivity index (χ0n) is 12.7. The molecule has 2 rings (SSSR count). The van der Waals surface area contributed by atoms with Crippen LogP contribution in [-0.4, -0.2) is 28.9 Å². The maximum Gasteiger partial charge on any atom is 0.226 e. The van der Waals surface area contributed by atoms with Crippen molar-refractivity contribution in [3.05, 3.63) is 65.5 Å². The van der Waals surface area contributed by atoms with Crippen molar-refractivity contribution in [3.63, 3.8) is 0 Å². The molecule has 1 aromatic heterocycles. The maximum absolute atomic E-state index is 12.4. The Morgan fingerprint density at radius 3 is 2.57 bits per heavy atom. The van der Waals surface area contributed by atoms with Gasteiger partial charge in [-0.2, -0.15) is 0 Å². The summed E-state index contributed by atoms with van der Waals surface area (Å²) in [5, 5.41) is 0. The quantitative estimate of drug-likeness (QED) is 0.816.